The average Bonchev–Trinajstić information content (AvgIpc) is 2.82. The third kappa shape index (κ3) is 2.80. The van der Waals surface area contributed by atoms with Crippen molar-refractivity contribution in [2.24, 2.45) is 0 Å². The molecule has 2 N–H and O–H groups in total. The van der Waals surface area contributed by atoms with Crippen LogP contribution in [0.15, 0.2) is 22.7 Å². The fourth-order valence-corrected chi connectivity index (χ4v) is 1.74. The second kappa shape index (κ2) is 5.84. The number of hydrogen-bond donors (Lipinski definition) is 1. The number of nitrogens with zero attached hydrogens (tertiary/aromatic N) is 2. The van der Waals surface area contributed by atoms with Crippen LogP contribution in [0.1, 0.15) is 12.2 Å². The standard InChI is InChI=1S/C12H14ClN3O2/c1-17-7-3-6-10-15-12(18-16-10)8-4-2-5-9(13)11(8)14/h2,4-5H,3,6-7,14H2,1H3. The van der Waals surface area contributed by atoms with Gasteiger partial charge in [-0.3, -0.25) is 0 Å². The lowest BCUT2D eigenvalue weighted by molar-refractivity contribution is 0.194. The largest absolute Gasteiger partial charge is 0.397 e. The summed E-state index contributed by atoms with van der Waals surface area (Å²) in [4.78, 5) is 4.28. The summed E-state index contributed by atoms with van der Waals surface area (Å²) in [5, 5.41) is 4.37. The molecule has 0 aliphatic rings. The Morgan fingerprint density at radius 3 is 3.06 bits per heavy atom. The van der Waals surface area contributed by atoms with Crippen LogP contribution in [-0.4, -0.2) is 23.9 Å². The van der Waals surface area contributed by atoms with E-state index in [-0.39, 0.29) is 0 Å². The maximum atomic E-state index is 5.94. The fraction of sp³-hybridized carbons (Fsp3) is 0.333. The Kier molecular flexibility index (Phi) is 4.17. The second-order valence-electron chi connectivity index (χ2n) is 3.81. The minimum Gasteiger partial charge on any atom is -0.397 e. The Balaban J connectivity index is 2.16. The van der Waals surface area contributed by atoms with Gasteiger partial charge in [0.1, 0.15) is 0 Å². The van der Waals surface area contributed by atoms with E-state index in [9.17, 15) is 0 Å². The number of anilines is 1. The zero-order valence-corrected chi connectivity index (χ0v) is 10.8. The van der Waals surface area contributed by atoms with Gasteiger partial charge in [-0.2, -0.15) is 4.98 Å². The lowest BCUT2D eigenvalue weighted by Crippen LogP contribution is -1.95. The van der Waals surface area contributed by atoms with Gasteiger partial charge in [-0.25, -0.2) is 0 Å². The van der Waals surface area contributed by atoms with Crippen molar-refractivity contribution < 1.29 is 9.26 Å². The van der Waals surface area contributed by atoms with Crippen LogP contribution in [0.5, 0.6) is 0 Å². The Morgan fingerprint density at radius 1 is 1.44 bits per heavy atom. The molecule has 2 rings (SSSR count). The summed E-state index contributed by atoms with van der Waals surface area (Å²) in [6.07, 6.45) is 1.55. The molecule has 0 unspecified atom stereocenters. The highest BCUT2D eigenvalue weighted by Crippen LogP contribution is 2.30. The molecule has 0 atom stereocenters. The summed E-state index contributed by atoms with van der Waals surface area (Å²) >= 11 is 5.94. The van der Waals surface area contributed by atoms with Gasteiger partial charge >= 0.3 is 0 Å². The molecule has 0 aliphatic carbocycles. The lowest BCUT2D eigenvalue weighted by atomic mass is 10.2. The van der Waals surface area contributed by atoms with Gasteiger partial charge in [0, 0.05) is 20.1 Å². The maximum absolute atomic E-state index is 5.94. The van der Waals surface area contributed by atoms with Crippen molar-refractivity contribution in [3.63, 3.8) is 0 Å². The quantitative estimate of drug-likeness (QED) is 0.666. The number of aryl methyl sites for hydroxylation is 1. The first-order valence-corrected chi connectivity index (χ1v) is 5.96. The number of ether oxygens (including phenoxy) is 1. The van der Waals surface area contributed by atoms with Crippen LogP contribution in [0.25, 0.3) is 11.5 Å². The number of nitrogens with two attached hydrogens (primary N) is 1. The molecule has 0 saturated carbocycles. The van der Waals surface area contributed by atoms with Crippen LogP contribution in [0.2, 0.25) is 5.02 Å². The fourth-order valence-electron chi connectivity index (χ4n) is 1.56. The molecular formula is C12H14ClN3O2. The molecule has 5 nitrogen and oxygen atoms in total. The number of aromatic nitrogens is 2. The molecule has 0 spiro atoms. The molecule has 0 amide bonds. The van der Waals surface area contributed by atoms with Crippen LogP contribution in [0.3, 0.4) is 0 Å². The van der Waals surface area contributed by atoms with E-state index >= 15 is 0 Å². The molecule has 96 valence electrons. The Morgan fingerprint density at radius 2 is 2.28 bits per heavy atom. The van der Waals surface area contributed by atoms with E-state index < -0.39 is 0 Å². The van der Waals surface area contributed by atoms with Crippen molar-refractivity contribution >= 4 is 17.3 Å². The highest BCUT2D eigenvalue weighted by Gasteiger charge is 2.13. The van der Waals surface area contributed by atoms with Crippen LogP contribution < -0.4 is 5.73 Å². The molecule has 6 heteroatoms. The lowest BCUT2D eigenvalue weighted by Gasteiger charge is -2.01. The molecular weight excluding hydrogens is 254 g/mol. The molecule has 1 aromatic heterocycles. The minimum absolute atomic E-state index is 0.391. The molecule has 1 aromatic carbocycles. The summed E-state index contributed by atoms with van der Waals surface area (Å²) in [7, 11) is 1.66. The van der Waals surface area contributed by atoms with Gasteiger partial charge in [0.25, 0.3) is 5.89 Å². The van der Waals surface area contributed by atoms with Gasteiger partial charge in [-0.1, -0.05) is 22.8 Å². The molecule has 0 fully saturated rings. The van der Waals surface area contributed by atoms with Crippen LogP contribution in [0.4, 0.5) is 5.69 Å². The van der Waals surface area contributed by atoms with E-state index in [2.05, 4.69) is 10.1 Å². The zero-order chi connectivity index (χ0) is 13.0. The first kappa shape index (κ1) is 12.9. The monoisotopic (exact) mass is 267 g/mol. The predicted octanol–water partition coefficient (Wildman–Crippen LogP) is 2.55. The first-order valence-electron chi connectivity index (χ1n) is 5.58. The number of para-hydroxylation sites is 1. The predicted molar refractivity (Wildman–Crippen MR) is 69.4 cm³/mol. The zero-order valence-electron chi connectivity index (χ0n) is 10.0. The highest BCUT2D eigenvalue weighted by molar-refractivity contribution is 6.33. The van der Waals surface area contributed by atoms with Gasteiger partial charge in [-0.15, -0.1) is 0 Å². The van der Waals surface area contributed by atoms with Crippen molar-refractivity contribution in [1.82, 2.24) is 10.1 Å². The van der Waals surface area contributed by atoms with Crippen LogP contribution in [0, 0.1) is 0 Å². The average molecular weight is 268 g/mol. The van der Waals surface area contributed by atoms with Gasteiger partial charge in [0.15, 0.2) is 5.82 Å². The second-order valence-corrected chi connectivity index (χ2v) is 4.22. The van der Waals surface area contributed by atoms with E-state index in [1.165, 1.54) is 0 Å². The van der Waals surface area contributed by atoms with Crippen molar-refractivity contribution in [2.75, 3.05) is 19.5 Å². The van der Waals surface area contributed by atoms with Crippen molar-refractivity contribution in [2.45, 2.75) is 12.8 Å². The SMILES string of the molecule is COCCCc1noc(-c2cccc(Cl)c2N)n1. The van der Waals surface area contributed by atoms with Gasteiger partial charge < -0.3 is 15.0 Å². The normalized spacial score (nSPS) is 10.8. The number of rotatable bonds is 5. The molecule has 0 radical (unpaired) electrons. The van der Waals surface area contributed by atoms with E-state index in [1.54, 1.807) is 25.3 Å². The van der Waals surface area contributed by atoms with Crippen LogP contribution >= 0.6 is 11.6 Å². The number of hydrogen-bond acceptors (Lipinski definition) is 5. The molecule has 0 bridgehead atoms. The van der Waals surface area contributed by atoms with Crippen molar-refractivity contribution in [3.8, 4) is 11.5 Å². The topological polar surface area (TPSA) is 74.2 Å². The number of methoxy groups -OCH3 is 1. The summed E-state index contributed by atoms with van der Waals surface area (Å²) in [6, 6.07) is 5.31. The summed E-state index contributed by atoms with van der Waals surface area (Å²) in [6.45, 7) is 0.670. The van der Waals surface area contributed by atoms with E-state index in [1.807, 2.05) is 0 Å². The molecule has 0 saturated heterocycles. The van der Waals surface area contributed by atoms with E-state index in [0.29, 0.717) is 41.0 Å². The summed E-state index contributed by atoms with van der Waals surface area (Å²) < 4.78 is 10.1. The third-order valence-electron chi connectivity index (χ3n) is 2.50. The summed E-state index contributed by atoms with van der Waals surface area (Å²) in [5.41, 5.74) is 6.98. The maximum Gasteiger partial charge on any atom is 0.260 e. The van der Waals surface area contributed by atoms with E-state index in [0.717, 1.165) is 6.42 Å². The molecule has 1 heterocycles. The van der Waals surface area contributed by atoms with Gasteiger partial charge in [0.05, 0.1) is 16.3 Å². The first-order chi connectivity index (χ1) is 8.72. The van der Waals surface area contributed by atoms with E-state index in [4.69, 9.17) is 26.6 Å². The smallest absolute Gasteiger partial charge is 0.260 e. The molecule has 18 heavy (non-hydrogen) atoms. The Hall–Kier alpha value is -1.59. The number of nitrogen functional groups attached to an aromatic ring is 1. The molecule has 2 aromatic rings. The van der Waals surface area contributed by atoms with Crippen molar-refractivity contribution in [3.05, 3.63) is 29.0 Å². The minimum atomic E-state index is 0.391. The van der Waals surface area contributed by atoms with Crippen molar-refractivity contribution in [1.29, 1.82) is 0 Å². The Bertz CT molecular complexity index is 528. The van der Waals surface area contributed by atoms with Crippen LogP contribution in [-0.2, 0) is 11.2 Å². The summed E-state index contributed by atoms with van der Waals surface area (Å²) in [5.74, 6) is 1.03. The third-order valence-corrected chi connectivity index (χ3v) is 2.83. The molecule has 0 aliphatic heterocycles. The van der Waals surface area contributed by atoms with Gasteiger partial charge in [0.2, 0.25) is 0 Å². The number of halogens is 1. The Labute approximate surface area is 110 Å². The highest BCUT2D eigenvalue weighted by atomic mass is 35.5. The van der Waals surface area contributed by atoms with Gasteiger partial charge in [-0.05, 0) is 18.6 Å². The number of benzene rings is 1.